The zero-order valence-electron chi connectivity index (χ0n) is 14.3. The number of hydrogen-bond donors (Lipinski definition) is 2. The Balaban J connectivity index is 2.30. The van der Waals surface area contributed by atoms with Gasteiger partial charge in [0.2, 0.25) is 5.91 Å². The molecule has 0 spiro atoms. The van der Waals surface area contributed by atoms with Crippen LogP contribution >= 0.6 is 11.6 Å². The molecule has 2 aromatic carbocycles. The predicted molar refractivity (Wildman–Crippen MR) is 98.2 cm³/mol. The van der Waals surface area contributed by atoms with Crippen molar-refractivity contribution in [3.8, 4) is 11.5 Å². The minimum Gasteiger partial charge on any atom is -0.493 e. The van der Waals surface area contributed by atoms with E-state index in [0.717, 1.165) is 5.56 Å². The van der Waals surface area contributed by atoms with Crippen LogP contribution in [0, 0.1) is 0 Å². The molecule has 6 nitrogen and oxygen atoms in total. The molecule has 1 amide bonds. The van der Waals surface area contributed by atoms with Gasteiger partial charge in [0.15, 0.2) is 11.5 Å². The summed E-state index contributed by atoms with van der Waals surface area (Å²) in [4.78, 5) is 22.4. The topological polar surface area (TPSA) is 84.9 Å². The van der Waals surface area contributed by atoms with Gasteiger partial charge >= 0.3 is 5.97 Å². The van der Waals surface area contributed by atoms with Gasteiger partial charge in [0.05, 0.1) is 12.1 Å². The van der Waals surface area contributed by atoms with Crippen LogP contribution in [0.2, 0.25) is 5.02 Å². The first kappa shape index (κ1) is 19.3. The van der Waals surface area contributed by atoms with Gasteiger partial charge in [-0.1, -0.05) is 41.9 Å². The van der Waals surface area contributed by atoms with Crippen molar-refractivity contribution in [1.82, 2.24) is 5.32 Å². The SMILES string of the molecule is COc1cc(C=C(NC(C)=O)C(=O)O)cc(Cl)c1OCc1ccccc1. The van der Waals surface area contributed by atoms with Crippen molar-refractivity contribution < 1.29 is 24.2 Å². The second-order valence-corrected chi connectivity index (χ2v) is 5.76. The van der Waals surface area contributed by atoms with E-state index < -0.39 is 11.9 Å². The highest BCUT2D eigenvalue weighted by Crippen LogP contribution is 2.37. The monoisotopic (exact) mass is 375 g/mol. The number of carbonyl (C=O) groups excluding carboxylic acids is 1. The van der Waals surface area contributed by atoms with Gasteiger partial charge in [-0.05, 0) is 29.3 Å². The first-order valence-electron chi connectivity index (χ1n) is 7.67. The Morgan fingerprint density at radius 1 is 1.23 bits per heavy atom. The van der Waals surface area contributed by atoms with Crippen LogP contribution in [0.25, 0.3) is 6.08 Å². The largest absolute Gasteiger partial charge is 0.493 e. The standard InChI is InChI=1S/C19H18ClNO5/c1-12(22)21-16(19(23)24)9-14-8-15(20)18(17(10-14)25-2)26-11-13-6-4-3-5-7-13/h3-10H,11H2,1-2H3,(H,21,22)(H,23,24). The van der Waals surface area contributed by atoms with E-state index in [2.05, 4.69) is 5.32 Å². The number of hydrogen-bond acceptors (Lipinski definition) is 4. The maximum absolute atomic E-state index is 11.2. The molecule has 2 aromatic rings. The van der Waals surface area contributed by atoms with Crippen molar-refractivity contribution in [1.29, 1.82) is 0 Å². The second-order valence-electron chi connectivity index (χ2n) is 5.35. The van der Waals surface area contributed by atoms with E-state index in [-0.39, 0.29) is 10.7 Å². The van der Waals surface area contributed by atoms with Crippen LogP contribution in [0.5, 0.6) is 11.5 Å². The number of aliphatic carboxylic acids is 1. The maximum Gasteiger partial charge on any atom is 0.352 e. The first-order valence-corrected chi connectivity index (χ1v) is 8.05. The fourth-order valence-corrected chi connectivity index (χ4v) is 2.47. The Labute approximate surface area is 156 Å². The average Bonchev–Trinajstić information content (AvgIpc) is 2.60. The lowest BCUT2D eigenvalue weighted by atomic mass is 10.1. The number of ether oxygens (including phenoxy) is 2. The number of carboxylic acid groups (broad SMARTS) is 1. The number of rotatable bonds is 7. The number of amides is 1. The second kappa shape index (κ2) is 8.92. The number of methoxy groups -OCH3 is 1. The van der Waals surface area contributed by atoms with E-state index in [1.165, 1.54) is 26.2 Å². The minimum atomic E-state index is -1.26. The highest BCUT2D eigenvalue weighted by atomic mass is 35.5. The van der Waals surface area contributed by atoms with Crippen molar-refractivity contribution >= 4 is 29.6 Å². The van der Waals surface area contributed by atoms with Gasteiger partial charge in [0.25, 0.3) is 0 Å². The normalized spacial score (nSPS) is 11.0. The van der Waals surface area contributed by atoms with Crippen molar-refractivity contribution in [2.24, 2.45) is 0 Å². The fourth-order valence-electron chi connectivity index (χ4n) is 2.20. The summed E-state index contributed by atoms with van der Waals surface area (Å²) >= 11 is 6.28. The lowest BCUT2D eigenvalue weighted by Gasteiger charge is -2.14. The molecule has 0 atom stereocenters. The van der Waals surface area contributed by atoms with E-state index in [9.17, 15) is 14.7 Å². The lowest BCUT2D eigenvalue weighted by Crippen LogP contribution is -2.24. The quantitative estimate of drug-likeness (QED) is 0.723. The summed E-state index contributed by atoms with van der Waals surface area (Å²) in [6.07, 6.45) is 1.29. The Kier molecular flexibility index (Phi) is 6.63. The minimum absolute atomic E-state index is 0.263. The fraction of sp³-hybridized carbons (Fsp3) is 0.158. The van der Waals surface area contributed by atoms with E-state index in [0.29, 0.717) is 23.7 Å². The molecular formula is C19H18ClNO5. The molecule has 0 heterocycles. The van der Waals surface area contributed by atoms with Crippen LogP contribution in [-0.4, -0.2) is 24.1 Å². The van der Waals surface area contributed by atoms with Gasteiger partial charge < -0.3 is 19.9 Å². The number of carboxylic acids is 1. The van der Waals surface area contributed by atoms with Gasteiger partial charge in [-0.15, -0.1) is 0 Å². The summed E-state index contributed by atoms with van der Waals surface area (Å²) in [5, 5.41) is 11.7. The van der Waals surface area contributed by atoms with Gasteiger partial charge in [-0.25, -0.2) is 4.79 Å². The first-order chi connectivity index (χ1) is 12.4. The number of carbonyl (C=O) groups is 2. The molecule has 7 heteroatoms. The van der Waals surface area contributed by atoms with E-state index in [1.807, 2.05) is 30.3 Å². The molecule has 136 valence electrons. The number of halogens is 1. The van der Waals surface area contributed by atoms with Gasteiger partial charge in [0, 0.05) is 6.92 Å². The van der Waals surface area contributed by atoms with Crippen molar-refractivity contribution in [2.45, 2.75) is 13.5 Å². The van der Waals surface area contributed by atoms with Crippen LogP contribution in [0.15, 0.2) is 48.2 Å². The molecule has 0 aliphatic rings. The zero-order valence-corrected chi connectivity index (χ0v) is 15.0. The van der Waals surface area contributed by atoms with Gasteiger partial charge in [-0.3, -0.25) is 4.79 Å². The molecule has 0 unspecified atom stereocenters. The molecule has 0 saturated carbocycles. The Hall–Kier alpha value is -2.99. The molecule has 0 aromatic heterocycles. The molecule has 2 N–H and O–H groups in total. The molecular weight excluding hydrogens is 358 g/mol. The van der Waals surface area contributed by atoms with Crippen LogP contribution in [0.1, 0.15) is 18.1 Å². The van der Waals surface area contributed by atoms with Crippen molar-refractivity contribution in [2.75, 3.05) is 7.11 Å². The average molecular weight is 376 g/mol. The summed E-state index contributed by atoms with van der Waals surface area (Å²) < 4.78 is 11.1. The molecule has 0 aliphatic carbocycles. The Morgan fingerprint density at radius 3 is 2.50 bits per heavy atom. The van der Waals surface area contributed by atoms with Gasteiger partial charge in [0.1, 0.15) is 12.3 Å². The molecule has 0 saturated heterocycles. The van der Waals surface area contributed by atoms with Crippen LogP contribution in [-0.2, 0) is 16.2 Å². The smallest absolute Gasteiger partial charge is 0.352 e. The highest BCUT2D eigenvalue weighted by Gasteiger charge is 2.14. The summed E-state index contributed by atoms with van der Waals surface area (Å²) in [5.74, 6) is -1.04. The summed E-state index contributed by atoms with van der Waals surface area (Å²) in [5.41, 5.74) is 1.15. The molecule has 0 aliphatic heterocycles. The number of benzene rings is 2. The third kappa shape index (κ3) is 5.26. The Bertz CT molecular complexity index is 833. The van der Waals surface area contributed by atoms with Crippen LogP contribution < -0.4 is 14.8 Å². The lowest BCUT2D eigenvalue weighted by molar-refractivity contribution is -0.134. The van der Waals surface area contributed by atoms with Gasteiger partial charge in [-0.2, -0.15) is 0 Å². The Morgan fingerprint density at radius 2 is 1.92 bits per heavy atom. The van der Waals surface area contributed by atoms with E-state index in [1.54, 1.807) is 6.07 Å². The van der Waals surface area contributed by atoms with E-state index in [4.69, 9.17) is 21.1 Å². The van der Waals surface area contributed by atoms with Crippen LogP contribution in [0.4, 0.5) is 0 Å². The van der Waals surface area contributed by atoms with Crippen LogP contribution in [0.3, 0.4) is 0 Å². The molecule has 0 fully saturated rings. The highest BCUT2D eigenvalue weighted by molar-refractivity contribution is 6.32. The third-order valence-electron chi connectivity index (χ3n) is 3.33. The van der Waals surface area contributed by atoms with Crippen molar-refractivity contribution in [3.05, 3.63) is 64.3 Å². The zero-order chi connectivity index (χ0) is 19.1. The molecule has 26 heavy (non-hydrogen) atoms. The molecule has 2 rings (SSSR count). The van der Waals surface area contributed by atoms with E-state index >= 15 is 0 Å². The summed E-state index contributed by atoms with van der Waals surface area (Å²) in [7, 11) is 1.46. The predicted octanol–water partition coefficient (Wildman–Crippen LogP) is 3.49. The number of nitrogens with one attached hydrogen (secondary N) is 1. The third-order valence-corrected chi connectivity index (χ3v) is 3.61. The maximum atomic E-state index is 11.2. The van der Waals surface area contributed by atoms with Crippen molar-refractivity contribution in [3.63, 3.8) is 0 Å². The molecule has 0 bridgehead atoms. The summed E-state index contributed by atoms with van der Waals surface area (Å²) in [6, 6.07) is 12.7. The molecule has 0 radical (unpaired) electrons. The summed E-state index contributed by atoms with van der Waals surface area (Å²) in [6.45, 7) is 1.53.